The average molecular weight is 200 g/mol. The van der Waals surface area contributed by atoms with Gasteiger partial charge in [0.2, 0.25) is 0 Å². The van der Waals surface area contributed by atoms with Crippen LogP contribution in [0.3, 0.4) is 0 Å². The Hall–Kier alpha value is -0.0800. The van der Waals surface area contributed by atoms with Crippen molar-refractivity contribution in [2.24, 2.45) is 5.92 Å². The van der Waals surface area contributed by atoms with Gasteiger partial charge in [0.25, 0.3) is 0 Å². The van der Waals surface area contributed by atoms with Crippen LogP contribution in [-0.2, 0) is 0 Å². The fourth-order valence-corrected chi connectivity index (χ4v) is 1.43. The van der Waals surface area contributed by atoms with Gasteiger partial charge in [-0.25, -0.2) is 0 Å². The highest BCUT2D eigenvalue weighted by molar-refractivity contribution is 4.63. The first kappa shape index (κ1) is 13.9. The van der Waals surface area contributed by atoms with Crippen molar-refractivity contribution in [2.45, 2.75) is 53.0 Å². The SMILES string of the molecule is CCCNCC(C)NCCCC(C)C. The minimum absolute atomic E-state index is 0.605. The zero-order valence-corrected chi connectivity index (χ0v) is 10.4. The summed E-state index contributed by atoms with van der Waals surface area (Å²) in [5.74, 6) is 0.838. The molecule has 0 amide bonds. The minimum Gasteiger partial charge on any atom is -0.315 e. The van der Waals surface area contributed by atoms with Crippen molar-refractivity contribution >= 4 is 0 Å². The van der Waals surface area contributed by atoms with Gasteiger partial charge in [-0.3, -0.25) is 0 Å². The highest BCUT2D eigenvalue weighted by Crippen LogP contribution is 2.01. The largest absolute Gasteiger partial charge is 0.315 e. The third-order valence-electron chi connectivity index (χ3n) is 2.33. The number of hydrogen-bond acceptors (Lipinski definition) is 2. The first-order valence-electron chi connectivity index (χ1n) is 6.10. The molecule has 0 saturated heterocycles. The zero-order valence-electron chi connectivity index (χ0n) is 10.4. The third kappa shape index (κ3) is 10.0. The molecule has 0 aliphatic rings. The Morgan fingerprint density at radius 1 is 1.07 bits per heavy atom. The molecule has 1 unspecified atom stereocenters. The molecule has 0 rings (SSSR count). The second-order valence-corrected chi connectivity index (χ2v) is 4.60. The van der Waals surface area contributed by atoms with Crippen molar-refractivity contribution < 1.29 is 0 Å². The Morgan fingerprint density at radius 2 is 1.79 bits per heavy atom. The quantitative estimate of drug-likeness (QED) is 0.559. The van der Waals surface area contributed by atoms with Crippen LogP contribution in [0.5, 0.6) is 0 Å². The van der Waals surface area contributed by atoms with Crippen LogP contribution in [0.4, 0.5) is 0 Å². The van der Waals surface area contributed by atoms with Gasteiger partial charge in [-0.15, -0.1) is 0 Å². The van der Waals surface area contributed by atoms with E-state index in [0.29, 0.717) is 6.04 Å². The Kier molecular flexibility index (Phi) is 9.42. The molecule has 86 valence electrons. The Morgan fingerprint density at radius 3 is 2.36 bits per heavy atom. The summed E-state index contributed by atoms with van der Waals surface area (Å²) in [5.41, 5.74) is 0. The standard InChI is InChI=1S/C12H28N2/c1-5-8-13-10-12(4)14-9-6-7-11(2)3/h11-14H,5-10H2,1-4H3. The summed E-state index contributed by atoms with van der Waals surface area (Å²) in [6.07, 6.45) is 3.86. The summed E-state index contributed by atoms with van der Waals surface area (Å²) < 4.78 is 0. The first-order valence-corrected chi connectivity index (χ1v) is 6.10. The summed E-state index contributed by atoms with van der Waals surface area (Å²) in [7, 11) is 0. The van der Waals surface area contributed by atoms with Crippen LogP contribution >= 0.6 is 0 Å². The van der Waals surface area contributed by atoms with Gasteiger partial charge in [0.05, 0.1) is 0 Å². The van der Waals surface area contributed by atoms with E-state index in [0.717, 1.165) is 25.6 Å². The molecule has 0 fully saturated rings. The minimum atomic E-state index is 0.605. The molecular weight excluding hydrogens is 172 g/mol. The molecule has 14 heavy (non-hydrogen) atoms. The smallest absolute Gasteiger partial charge is 0.0164 e. The molecule has 2 nitrogen and oxygen atoms in total. The van der Waals surface area contributed by atoms with Crippen molar-refractivity contribution in [1.82, 2.24) is 10.6 Å². The average Bonchev–Trinajstić information content (AvgIpc) is 2.13. The van der Waals surface area contributed by atoms with E-state index >= 15 is 0 Å². The van der Waals surface area contributed by atoms with Crippen LogP contribution in [0, 0.1) is 5.92 Å². The van der Waals surface area contributed by atoms with Crippen molar-refractivity contribution in [3.05, 3.63) is 0 Å². The predicted octanol–water partition coefficient (Wildman–Crippen LogP) is 2.40. The topological polar surface area (TPSA) is 24.1 Å². The second kappa shape index (κ2) is 9.47. The highest BCUT2D eigenvalue weighted by Gasteiger charge is 1.99. The van der Waals surface area contributed by atoms with Crippen LogP contribution in [0.15, 0.2) is 0 Å². The Balaban J connectivity index is 3.14. The lowest BCUT2D eigenvalue weighted by Gasteiger charge is -2.14. The maximum Gasteiger partial charge on any atom is 0.0164 e. The molecule has 0 aromatic heterocycles. The van der Waals surface area contributed by atoms with Crippen molar-refractivity contribution in [1.29, 1.82) is 0 Å². The van der Waals surface area contributed by atoms with Crippen molar-refractivity contribution in [3.8, 4) is 0 Å². The second-order valence-electron chi connectivity index (χ2n) is 4.60. The predicted molar refractivity (Wildman–Crippen MR) is 64.7 cm³/mol. The lowest BCUT2D eigenvalue weighted by molar-refractivity contribution is 0.468. The third-order valence-corrected chi connectivity index (χ3v) is 2.33. The molecule has 0 aliphatic heterocycles. The van der Waals surface area contributed by atoms with Gasteiger partial charge in [0, 0.05) is 12.6 Å². The normalized spacial score (nSPS) is 13.5. The van der Waals surface area contributed by atoms with E-state index < -0.39 is 0 Å². The van der Waals surface area contributed by atoms with Gasteiger partial charge in [0.15, 0.2) is 0 Å². The number of rotatable bonds is 9. The van der Waals surface area contributed by atoms with Gasteiger partial charge in [-0.1, -0.05) is 20.8 Å². The zero-order chi connectivity index (χ0) is 10.8. The van der Waals surface area contributed by atoms with Gasteiger partial charge < -0.3 is 10.6 Å². The molecule has 0 saturated carbocycles. The summed E-state index contributed by atoms with van der Waals surface area (Å²) in [5, 5.41) is 6.96. The molecule has 0 aromatic carbocycles. The molecule has 2 heteroatoms. The van der Waals surface area contributed by atoms with E-state index in [1.54, 1.807) is 0 Å². The summed E-state index contributed by atoms with van der Waals surface area (Å²) >= 11 is 0. The van der Waals surface area contributed by atoms with E-state index in [1.807, 2.05) is 0 Å². The van der Waals surface area contributed by atoms with Gasteiger partial charge in [-0.05, 0) is 45.2 Å². The monoisotopic (exact) mass is 200 g/mol. The van der Waals surface area contributed by atoms with Crippen molar-refractivity contribution in [2.75, 3.05) is 19.6 Å². The molecule has 1 atom stereocenters. The lowest BCUT2D eigenvalue weighted by atomic mass is 10.1. The maximum atomic E-state index is 3.53. The summed E-state index contributed by atoms with van der Waals surface area (Å²) in [4.78, 5) is 0. The van der Waals surface area contributed by atoms with E-state index in [1.165, 1.54) is 19.3 Å². The van der Waals surface area contributed by atoms with Gasteiger partial charge in [-0.2, -0.15) is 0 Å². The van der Waals surface area contributed by atoms with E-state index in [2.05, 4.69) is 38.3 Å². The van der Waals surface area contributed by atoms with Gasteiger partial charge in [0.1, 0.15) is 0 Å². The molecule has 2 N–H and O–H groups in total. The molecule has 0 heterocycles. The maximum absolute atomic E-state index is 3.53. The Labute approximate surface area is 89.9 Å². The fourth-order valence-electron chi connectivity index (χ4n) is 1.43. The van der Waals surface area contributed by atoms with Crippen molar-refractivity contribution in [3.63, 3.8) is 0 Å². The van der Waals surface area contributed by atoms with E-state index in [9.17, 15) is 0 Å². The molecule has 0 radical (unpaired) electrons. The highest BCUT2D eigenvalue weighted by atomic mass is 15.0. The lowest BCUT2D eigenvalue weighted by Crippen LogP contribution is -2.37. The molecule has 0 bridgehead atoms. The summed E-state index contributed by atoms with van der Waals surface area (Å²) in [6, 6.07) is 0.605. The number of hydrogen-bond donors (Lipinski definition) is 2. The molecule has 0 spiro atoms. The van der Waals surface area contributed by atoms with Crippen LogP contribution in [0.2, 0.25) is 0 Å². The number of nitrogens with one attached hydrogen (secondary N) is 2. The molecule has 0 aliphatic carbocycles. The van der Waals surface area contributed by atoms with Crippen LogP contribution in [-0.4, -0.2) is 25.7 Å². The Bertz CT molecular complexity index is 113. The van der Waals surface area contributed by atoms with Gasteiger partial charge >= 0.3 is 0 Å². The van der Waals surface area contributed by atoms with E-state index in [4.69, 9.17) is 0 Å². The summed E-state index contributed by atoms with van der Waals surface area (Å²) in [6.45, 7) is 12.4. The fraction of sp³-hybridized carbons (Fsp3) is 1.00. The van der Waals surface area contributed by atoms with E-state index in [-0.39, 0.29) is 0 Å². The first-order chi connectivity index (χ1) is 6.66. The van der Waals surface area contributed by atoms with Crippen LogP contribution in [0.25, 0.3) is 0 Å². The molecular formula is C12H28N2. The molecule has 0 aromatic rings. The van der Waals surface area contributed by atoms with Crippen LogP contribution in [0.1, 0.15) is 47.0 Å². The van der Waals surface area contributed by atoms with Crippen LogP contribution < -0.4 is 10.6 Å².